The lowest BCUT2D eigenvalue weighted by atomic mass is 9.83. The Bertz CT molecular complexity index is 218. The molecular weight excluding hydrogens is 187 g/mol. The van der Waals surface area contributed by atoms with Gasteiger partial charge < -0.3 is 9.31 Å². The SMILES string of the molecule is CC/C=C/CCB1OC(C)(C)C(C)(C)O1. The Labute approximate surface area is 94.2 Å². The highest BCUT2D eigenvalue weighted by atomic mass is 16.7. The van der Waals surface area contributed by atoms with E-state index < -0.39 is 0 Å². The molecule has 1 heterocycles. The maximum Gasteiger partial charge on any atom is 0.458 e. The molecule has 0 aromatic heterocycles. The van der Waals surface area contributed by atoms with Crippen LogP contribution in [0.4, 0.5) is 0 Å². The first-order valence-corrected chi connectivity index (χ1v) is 5.89. The molecule has 0 atom stereocenters. The van der Waals surface area contributed by atoms with Crippen molar-refractivity contribution in [2.24, 2.45) is 0 Å². The molecule has 0 amide bonds. The maximum absolute atomic E-state index is 5.89. The van der Waals surface area contributed by atoms with Crippen molar-refractivity contribution < 1.29 is 9.31 Å². The van der Waals surface area contributed by atoms with E-state index in [0.29, 0.717) is 0 Å². The van der Waals surface area contributed by atoms with Gasteiger partial charge in [0.25, 0.3) is 0 Å². The fourth-order valence-electron chi connectivity index (χ4n) is 1.60. The second kappa shape index (κ2) is 4.71. The zero-order valence-corrected chi connectivity index (χ0v) is 10.7. The van der Waals surface area contributed by atoms with Gasteiger partial charge in [0.1, 0.15) is 0 Å². The Morgan fingerprint density at radius 3 is 2.00 bits per heavy atom. The molecule has 0 aromatic rings. The van der Waals surface area contributed by atoms with Crippen molar-refractivity contribution in [2.45, 2.75) is 65.0 Å². The van der Waals surface area contributed by atoms with E-state index in [4.69, 9.17) is 9.31 Å². The molecule has 0 aliphatic carbocycles. The van der Waals surface area contributed by atoms with Gasteiger partial charge in [0.05, 0.1) is 11.2 Å². The van der Waals surface area contributed by atoms with Crippen molar-refractivity contribution >= 4 is 7.12 Å². The average molecular weight is 210 g/mol. The van der Waals surface area contributed by atoms with Gasteiger partial charge in [-0.15, -0.1) is 0 Å². The van der Waals surface area contributed by atoms with E-state index >= 15 is 0 Å². The molecule has 0 bridgehead atoms. The molecule has 3 heteroatoms. The highest BCUT2D eigenvalue weighted by Crippen LogP contribution is 2.37. The van der Waals surface area contributed by atoms with Gasteiger partial charge in [0.2, 0.25) is 0 Å². The first kappa shape index (κ1) is 12.8. The number of hydrogen-bond acceptors (Lipinski definition) is 2. The van der Waals surface area contributed by atoms with Crippen molar-refractivity contribution in [1.29, 1.82) is 0 Å². The van der Waals surface area contributed by atoms with Crippen molar-refractivity contribution in [2.75, 3.05) is 0 Å². The van der Waals surface area contributed by atoms with E-state index in [0.717, 1.165) is 19.2 Å². The third-order valence-corrected chi connectivity index (χ3v) is 3.27. The molecule has 2 nitrogen and oxygen atoms in total. The molecule has 1 aliphatic rings. The zero-order valence-electron chi connectivity index (χ0n) is 10.7. The van der Waals surface area contributed by atoms with E-state index in [-0.39, 0.29) is 18.3 Å². The first-order chi connectivity index (χ1) is 6.89. The van der Waals surface area contributed by atoms with Crippen LogP contribution >= 0.6 is 0 Å². The van der Waals surface area contributed by atoms with Crippen molar-refractivity contribution in [3.63, 3.8) is 0 Å². The third-order valence-electron chi connectivity index (χ3n) is 3.27. The summed E-state index contributed by atoms with van der Waals surface area (Å²) < 4.78 is 11.8. The molecule has 15 heavy (non-hydrogen) atoms. The third kappa shape index (κ3) is 3.09. The molecule has 1 rings (SSSR count). The summed E-state index contributed by atoms with van der Waals surface area (Å²) in [6.07, 6.45) is 7.47. The van der Waals surface area contributed by atoms with Crippen LogP contribution in [0.5, 0.6) is 0 Å². The Morgan fingerprint density at radius 2 is 1.53 bits per heavy atom. The molecule has 1 fully saturated rings. The monoisotopic (exact) mass is 210 g/mol. The van der Waals surface area contributed by atoms with Crippen molar-refractivity contribution in [3.8, 4) is 0 Å². The minimum absolute atomic E-state index is 0.0449. The summed E-state index contributed by atoms with van der Waals surface area (Å²) in [6, 6.07) is 0. The van der Waals surface area contributed by atoms with Crippen LogP contribution < -0.4 is 0 Å². The van der Waals surface area contributed by atoms with Crippen molar-refractivity contribution in [1.82, 2.24) is 0 Å². The van der Waals surface area contributed by atoms with Gasteiger partial charge in [-0.25, -0.2) is 0 Å². The van der Waals surface area contributed by atoms with E-state index in [2.05, 4.69) is 46.8 Å². The van der Waals surface area contributed by atoms with Gasteiger partial charge in [0, 0.05) is 0 Å². The van der Waals surface area contributed by atoms with Crippen LogP contribution in [-0.4, -0.2) is 18.3 Å². The van der Waals surface area contributed by atoms with E-state index in [1.165, 1.54) is 0 Å². The largest absolute Gasteiger partial charge is 0.458 e. The highest BCUT2D eigenvalue weighted by molar-refractivity contribution is 6.45. The summed E-state index contributed by atoms with van der Waals surface area (Å²) in [7, 11) is -0.0449. The molecule has 0 unspecified atom stereocenters. The number of allylic oxidation sites excluding steroid dienone is 2. The minimum Gasteiger partial charge on any atom is -0.403 e. The van der Waals surface area contributed by atoms with Crippen LogP contribution in [0.25, 0.3) is 0 Å². The van der Waals surface area contributed by atoms with Crippen molar-refractivity contribution in [3.05, 3.63) is 12.2 Å². The summed E-state index contributed by atoms with van der Waals surface area (Å²) >= 11 is 0. The fraction of sp³-hybridized carbons (Fsp3) is 0.833. The Balaban J connectivity index is 2.39. The first-order valence-electron chi connectivity index (χ1n) is 5.89. The standard InChI is InChI=1S/C12H23BO2/c1-6-7-8-9-10-13-14-11(2,3)12(4,5)15-13/h7-8H,6,9-10H2,1-5H3/b8-7+. The fourth-order valence-corrected chi connectivity index (χ4v) is 1.60. The predicted octanol–water partition coefficient (Wildman–Crippen LogP) is 3.43. The van der Waals surface area contributed by atoms with Gasteiger partial charge in [-0.2, -0.15) is 0 Å². The lowest BCUT2D eigenvalue weighted by molar-refractivity contribution is 0.00578. The number of hydrogen-bond donors (Lipinski definition) is 0. The smallest absolute Gasteiger partial charge is 0.403 e. The lowest BCUT2D eigenvalue weighted by Crippen LogP contribution is -2.41. The summed E-state index contributed by atoms with van der Waals surface area (Å²) in [4.78, 5) is 0. The Kier molecular flexibility index (Phi) is 4.02. The van der Waals surface area contributed by atoms with Gasteiger partial charge in [-0.05, 0) is 46.9 Å². The van der Waals surface area contributed by atoms with Gasteiger partial charge in [0.15, 0.2) is 0 Å². The van der Waals surface area contributed by atoms with E-state index in [9.17, 15) is 0 Å². The number of rotatable bonds is 4. The molecule has 1 saturated heterocycles. The van der Waals surface area contributed by atoms with Gasteiger partial charge >= 0.3 is 7.12 Å². The maximum atomic E-state index is 5.89. The van der Waals surface area contributed by atoms with Gasteiger partial charge in [-0.3, -0.25) is 0 Å². The van der Waals surface area contributed by atoms with Crippen LogP contribution in [0.3, 0.4) is 0 Å². The summed E-state index contributed by atoms with van der Waals surface area (Å²) in [5.74, 6) is 0. The topological polar surface area (TPSA) is 18.5 Å². The van der Waals surface area contributed by atoms with Crippen LogP contribution in [-0.2, 0) is 9.31 Å². The molecule has 86 valence electrons. The minimum atomic E-state index is -0.188. The second-order valence-corrected chi connectivity index (χ2v) is 5.14. The second-order valence-electron chi connectivity index (χ2n) is 5.14. The summed E-state index contributed by atoms with van der Waals surface area (Å²) in [5.41, 5.74) is -0.377. The molecular formula is C12H23BO2. The van der Waals surface area contributed by atoms with Crippen LogP contribution in [0, 0.1) is 0 Å². The molecule has 1 aliphatic heterocycles. The molecule has 0 aromatic carbocycles. The molecule has 0 saturated carbocycles. The quantitative estimate of drug-likeness (QED) is 0.522. The molecule has 0 spiro atoms. The van der Waals surface area contributed by atoms with Crippen LogP contribution in [0.1, 0.15) is 47.5 Å². The van der Waals surface area contributed by atoms with E-state index in [1.54, 1.807) is 0 Å². The molecule has 0 N–H and O–H groups in total. The molecule has 0 radical (unpaired) electrons. The van der Waals surface area contributed by atoms with Crippen LogP contribution in [0.15, 0.2) is 12.2 Å². The predicted molar refractivity (Wildman–Crippen MR) is 64.9 cm³/mol. The summed E-state index contributed by atoms with van der Waals surface area (Å²) in [5, 5.41) is 0. The zero-order chi connectivity index (χ0) is 11.5. The normalized spacial score (nSPS) is 23.9. The average Bonchev–Trinajstić information content (AvgIpc) is 2.30. The Hall–Kier alpha value is -0.275. The lowest BCUT2D eigenvalue weighted by Gasteiger charge is -2.32. The van der Waals surface area contributed by atoms with Crippen LogP contribution in [0.2, 0.25) is 6.32 Å². The summed E-state index contributed by atoms with van der Waals surface area (Å²) in [6.45, 7) is 10.5. The highest BCUT2D eigenvalue weighted by Gasteiger charge is 2.50. The van der Waals surface area contributed by atoms with Gasteiger partial charge in [-0.1, -0.05) is 19.1 Å². The Morgan fingerprint density at radius 1 is 1.00 bits per heavy atom. The van der Waals surface area contributed by atoms with E-state index in [1.807, 2.05) is 0 Å².